The van der Waals surface area contributed by atoms with E-state index in [1.165, 1.54) is 4.80 Å². The smallest absolute Gasteiger partial charge is 0.257 e. The van der Waals surface area contributed by atoms with Gasteiger partial charge in [0.05, 0.1) is 21.3 Å². The highest BCUT2D eigenvalue weighted by Gasteiger charge is 2.13. The van der Waals surface area contributed by atoms with E-state index in [9.17, 15) is 4.79 Å². The van der Waals surface area contributed by atoms with Gasteiger partial charge in [-0.2, -0.15) is 4.80 Å². The Morgan fingerprint density at radius 3 is 2.41 bits per heavy atom. The Kier molecular flexibility index (Phi) is 4.74. The largest absolute Gasteiger partial charge is 0.322 e. The third kappa shape index (κ3) is 3.62. The van der Waals surface area contributed by atoms with Crippen LogP contribution in [0.15, 0.2) is 60.7 Å². The summed E-state index contributed by atoms with van der Waals surface area (Å²) in [6.45, 7) is 0. The highest BCUT2D eigenvalue weighted by Crippen LogP contribution is 2.26. The second-order valence-corrected chi connectivity index (χ2v) is 6.95. The number of benzene rings is 3. The fourth-order valence-corrected chi connectivity index (χ4v) is 3.07. The molecule has 0 unspecified atom stereocenters. The van der Waals surface area contributed by atoms with Crippen LogP contribution in [0.2, 0.25) is 15.1 Å². The number of hydrogen-bond acceptors (Lipinski definition) is 3. The molecule has 4 aromatic rings. The first-order valence-electron chi connectivity index (χ1n) is 7.90. The van der Waals surface area contributed by atoms with Gasteiger partial charge in [0, 0.05) is 10.7 Å². The molecule has 1 N–H and O–H groups in total. The molecule has 0 spiro atoms. The maximum Gasteiger partial charge on any atom is 0.257 e. The molecule has 0 fully saturated rings. The van der Waals surface area contributed by atoms with E-state index in [-0.39, 0.29) is 10.9 Å². The number of halogens is 3. The van der Waals surface area contributed by atoms with E-state index in [0.29, 0.717) is 32.3 Å². The maximum absolute atomic E-state index is 12.5. The summed E-state index contributed by atoms with van der Waals surface area (Å²) in [6.07, 6.45) is 0. The molecule has 134 valence electrons. The summed E-state index contributed by atoms with van der Waals surface area (Å²) in [5, 5.41) is 12.9. The number of rotatable bonds is 3. The average Bonchev–Trinajstić information content (AvgIpc) is 3.07. The van der Waals surface area contributed by atoms with Crippen molar-refractivity contribution < 1.29 is 4.79 Å². The first-order valence-corrected chi connectivity index (χ1v) is 9.03. The van der Waals surface area contributed by atoms with Gasteiger partial charge in [-0.05, 0) is 54.6 Å². The minimum absolute atomic E-state index is 0.214. The van der Waals surface area contributed by atoms with Crippen LogP contribution in [0.1, 0.15) is 10.4 Å². The lowest BCUT2D eigenvalue weighted by atomic mass is 10.2. The van der Waals surface area contributed by atoms with Crippen molar-refractivity contribution >= 4 is 57.4 Å². The molecule has 1 heterocycles. The lowest BCUT2D eigenvalue weighted by Gasteiger charge is -2.07. The molecule has 0 atom stereocenters. The summed E-state index contributed by atoms with van der Waals surface area (Å²) >= 11 is 18.0. The van der Waals surface area contributed by atoms with Crippen LogP contribution in [0.4, 0.5) is 5.69 Å². The van der Waals surface area contributed by atoms with E-state index in [1.54, 1.807) is 48.5 Å². The predicted octanol–water partition coefficient (Wildman–Crippen LogP) is 5.63. The molecule has 8 heteroatoms. The molecule has 5 nitrogen and oxygen atoms in total. The van der Waals surface area contributed by atoms with Crippen LogP contribution in [-0.2, 0) is 0 Å². The standard InChI is InChI=1S/C19H11Cl3N4O/c20-11-4-7-13(8-5-11)26-24-16-9-6-12(10-17(16)25-26)23-19(27)14-2-1-3-15(21)18(14)22/h1-10H,(H,23,27). The van der Waals surface area contributed by atoms with Gasteiger partial charge in [-0.15, -0.1) is 10.2 Å². The van der Waals surface area contributed by atoms with Gasteiger partial charge in [0.15, 0.2) is 0 Å². The van der Waals surface area contributed by atoms with Crippen LogP contribution in [0, 0.1) is 0 Å². The Hall–Kier alpha value is -2.60. The lowest BCUT2D eigenvalue weighted by molar-refractivity contribution is 0.102. The highest BCUT2D eigenvalue weighted by molar-refractivity contribution is 6.44. The van der Waals surface area contributed by atoms with E-state index in [0.717, 1.165) is 5.69 Å². The first-order chi connectivity index (χ1) is 13.0. The first kappa shape index (κ1) is 17.8. The molecular weight excluding hydrogens is 407 g/mol. The number of amides is 1. The number of hydrogen-bond donors (Lipinski definition) is 1. The molecule has 0 radical (unpaired) electrons. The van der Waals surface area contributed by atoms with E-state index in [4.69, 9.17) is 34.8 Å². The van der Waals surface area contributed by atoms with E-state index >= 15 is 0 Å². The zero-order chi connectivity index (χ0) is 19.0. The van der Waals surface area contributed by atoms with Gasteiger partial charge in [-0.25, -0.2) is 0 Å². The number of nitrogens with zero attached hydrogens (tertiary/aromatic N) is 3. The molecule has 0 aliphatic carbocycles. The van der Waals surface area contributed by atoms with E-state index < -0.39 is 0 Å². The topological polar surface area (TPSA) is 59.8 Å². The van der Waals surface area contributed by atoms with Crippen LogP contribution < -0.4 is 5.32 Å². The average molecular weight is 418 g/mol. The van der Waals surface area contributed by atoms with Gasteiger partial charge in [0.25, 0.3) is 5.91 Å². The quantitative estimate of drug-likeness (QED) is 0.470. The number of carbonyl (C=O) groups excluding carboxylic acids is 1. The van der Waals surface area contributed by atoms with Crippen molar-refractivity contribution in [2.45, 2.75) is 0 Å². The Morgan fingerprint density at radius 1 is 0.889 bits per heavy atom. The Balaban J connectivity index is 1.62. The summed E-state index contributed by atoms with van der Waals surface area (Å²) in [4.78, 5) is 14.0. The van der Waals surface area contributed by atoms with Crippen molar-refractivity contribution in [3.8, 4) is 5.69 Å². The van der Waals surface area contributed by atoms with Crippen LogP contribution in [0.3, 0.4) is 0 Å². The van der Waals surface area contributed by atoms with Gasteiger partial charge in [-0.3, -0.25) is 4.79 Å². The SMILES string of the molecule is O=C(Nc1ccc2nn(-c3ccc(Cl)cc3)nc2c1)c1cccc(Cl)c1Cl. The van der Waals surface area contributed by atoms with Crippen molar-refractivity contribution in [1.29, 1.82) is 0 Å². The Bertz CT molecular complexity index is 1160. The van der Waals surface area contributed by atoms with Crippen LogP contribution in [0.5, 0.6) is 0 Å². The summed E-state index contributed by atoms with van der Waals surface area (Å²) in [5.41, 5.74) is 3.00. The zero-order valence-electron chi connectivity index (χ0n) is 13.7. The normalized spacial score (nSPS) is 10.9. The Morgan fingerprint density at radius 2 is 1.63 bits per heavy atom. The molecule has 27 heavy (non-hydrogen) atoms. The third-order valence-corrected chi connectivity index (χ3v) is 4.96. The van der Waals surface area contributed by atoms with Crippen molar-refractivity contribution in [2.24, 2.45) is 0 Å². The van der Waals surface area contributed by atoms with Crippen LogP contribution in [0.25, 0.3) is 16.7 Å². The molecule has 1 amide bonds. The van der Waals surface area contributed by atoms with Crippen molar-refractivity contribution in [3.63, 3.8) is 0 Å². The minimum atomic E-state index is -0.355. The highest BCUT2D eigenvalue weighted by atomic mass is 35.5. The fourth-order valence-electron chi connectivity index (χ4n) is 2.56. The number of nitrogens with one attached hydrogen (secondary N) is 1. The van der Waals surface area contributed by atoms with E-state index in [2.05, 4.69) is 15.5 Å². The third-order valence-electron chi connectivity index (χ3n) is 3.89. The summed E-state index contributed by atoms with van der Waals surface area (Å²) in [7, 11) is 0. The maximum atomic E-state index is 12.5. The summed E-state index contributed by atoms with van der Waals surface area (Å²) in [6, 6.07) is 17.4. The molecular formula is C19H11Cl3N4O. The van der Waals surface area contributed by atoms with Crippen molar-refractivity contribution in [2.75, 3.05) is 5.32 Å². The summed E-state index contributed by atoms with van der Waals surface area (Å²) < 4.78 is 0. The molecule has 0 aliphatic heterocycles. The molecule has 0 saturated heterocycles. The zero-order valence-corrected chi connectivity index (χ0v) is 15.9. The second kappa shape index (κ2) is 7.19. The van der Waals surface area contributed by atoms with Crippen LogP contribution >= 0.6 is 34.8 Å². The number of fused-ring (bicyclic) bond motifs is 1. The van der Waals surface area contributed by atoms with Gasteiger partial charge >= 0.3 is 0 Å². The molecule has 1 aromatic heterocycles. The van der Waals surface area contributed by atoms with Crippen molar-refractivity contribution in [1.82, 2.24) is 15.0 Å². The monoisotopic (exact) mass is 416 g/mol. The number of carbonyl (C=O) groups is 1. The summed E-state index contributed by atoms with van der Waals surface area (Å²) in [5.74, 6) is -0.355. The molecule has 3 aromatic carbocycles. The van der Waals surface area contributed by atoms with Gasteiger partial charge in [-0.1, -0.05) is 40.9 Å². The second-order valence-electron chi connectivity index (χ2n) is 5.72. The molecule has 0 saturated carbocycles. The molecule has 0 aliphatic rings. The van der Waals surface area contributed by atoms with Gasteiger partial charge in [0.2, 0.25) is 0 Å². The van der Waals surface area contributed by atoms with E-state index in [1.807, 2.05) is 12.1 Å². The van der Waals surface area contributed by atoms with Gasteiger partial charge in [0.1, 0.15) is 11.0 Å². The Labute approximate surface area is 169 Å². The predicted molar refractivity (Wildman–Crippen MR) is 108 cm³/mol. The number of aromatic nitrogens is 3. The molecule has 0 bridgehead atoms. The number of anilines is 1. The lowest BCUT2D eigenvalue weighted by Crippen LogP contribution is -2.12. The molecule has 4 rings (SSSR count). The van der Waals surface area contributed by atoms with Crippen molar-refractivity contribution in [3.05, 3.63) is 81.3 Å². The van der Waals surface area contributed by atoms with Crippen LogP contribution in [-0.4, -0.2) is 20.9 Å². The fraction of sp³-hybridized carbons (Fsp3) is 0. The van der Waals surface area contributed by atoms with Gasteiger partial charge < -0.3 is 5.32 Å². The minimum Gasteiger partial charge on any atom is -0.322 e.